The van der Waals surface area contributed by atoms with Crippen molar-refractivity contribution < 1.29 is 18.7 Å². The van der Waals surface area contributed by atoms with Gasteiger partial charge in [-0.25, -0.2) is 4.39 Å². The van der Waals surface area contributed by atoms with Crippen molar-refractivity contribution in [3.05, 3.63) is 24.3 Å². The molecule has 3 nitrogen and oxygen atoms in total. The molecule has 25 heavy (non-hydrogen) atoms. The Morgan fingerprint density at radius 1 is 1.28 bits per heavy atom. The highest BCUT2D eigenvalue weighted by Crippen LogP contribution is 2.73. The lowest BCUT2D eigenvalue weighted by Crippen LogP contribution is -2.60. The van der Waals surface area contributed by atoms with Crippen molar-refractivity contribution in [2.75, 3.05) is 0 Å². The minimum Gasteiger partial charge on any atom is -0.352 e. The predicted molar refractivity (Wildman–Crippen MR) is 90.5 cm³/mol. The fraction of sp³-hybridized carbons (Fsp3) is 0.714. The minimum atomic E-state index is -1.33. The van der Waals surface area contributed by atoms with Gasteiger partial charge in [0.05, 0.1) is 0 Å². The van der Waals surface area contributed by atoms with E-state index in [-0.39, 0.29) is 34.7 Å². The van der Waals surface area contributed by atoms with E-state index in [9.17, 15) is 14.0 Å². The molecule has 2 unspecified atom stereocenters. The van der Waals surface area contributed by atoms with Gasteiger partial charge in [0.15, 0.2) is 23.8 Å². The maximum absolute atomic E-state index is 14.4. The van der Waals surface area contributed by atoms with E-state index < -0.39 is 23.3 Å². The predicted octanol–water partition coefficient (Wildman–Crippen LogP) is 3.43. The minimum absolute atomic E-state index is 0.0322. The van der Waals surface area contributed by atoms with E-state index in [1.54, 1.807) is 6.08 Å². The first-order chi connectivity index (χ1) is 11.7. The van der Waals surface area contributed by atoms with E-state index in [0.29, 0.717) is 12.3 Å². The summed E-state index contributed by atoms with van der Waals surface area (Å²) in [5.41, 5.74) is -0.449. The third kappa shape index (κ3) is 1.50. The molecule has 0 aromatic carbocycles. The molecule has 4 aliphatic carbocycles. The van der Waals surface area contributed by atoms with Crippen LogP contribution in [0.3, 0.4) is 0 Å². The zero-order valence-corrected chi connectivity index (χ0v) is 15.0. The monoisotopic (exact) mass is 344 g/mol. The number of ether oxygens (including phenoxy) is 1. The van der Waals surface area contributed by atoms with Gasteiger partial charge in [-0.3, -0.25) is 9.59 Å². The summed E-state index contributed by atoms with van der Waals surface area (Å²) in [6.07, 6.45) is 3.92. The first-order valence-corrected chi connectivity index (χ1v) is 9.47. The largest absolute Gasteiger partial charge is 0.352 e. The average molecular weight is 344 g/mol. The molecule has 0 amide bonds. The van der Waals surface area contributed by atoms with Crippen LogP contribution in [0.15, 0.2) is 24.3 Å². The Balaban J connectivity index is 1.64. The topological polar surface area (TPSA) is 46.7 Å². The summed E-state index contributed by atoms with van der Waals surface area (Å²) in [5, 5.41) is 0. The third-order valence-electron chi connectivity index (χ3n) is 8.67. The van der Waals surface area contributed by atoms with E-state index in [1.165, 1.54) is 0 Å². The zero-order chi connectivity index (χ0) is 17.9. The molecule has 1 saturated heterocycles. The van der Waals surface area contributed by atoms with E-state index in [2.05, 4.69) is 20.4 Å². The highest BCUT2D eigenvalue weighted by Gasteiger charge is 2.78. The molecule has 1 spiro atoms. The molecular weight excluding hydrogens is 319 g/mol. The zero-order valence-electron chi connectivity index (χ0n) is 15.0. The van der Waals surface area contributed by atoms with Crippen LogP contribution in [0.5, 0.6) is 0 Å². The molecule has 134 valence electrons. The van der Waals surface area contributed by atoms with E-state index in [4.69, 9.17) is 4.74 Å². The lowest BCUT2D eigenvalue weighted by atomic mass is 9.43. The van der Waals surface area contributed by atoms with Crippen molar-refractivity contribution in [3.8, 4) is 0 Å². The standard InChI is InChI=1S/C21H25FO3/c1-10-11(2)21-18(25-21)15(23)6-8-20(21,4)12-5-7-19(3)13(16(10)12)9-14(22)17(19)24/h6,8,10,12-14,16,18H,2,5,7,9H2,1,3-4H3/t10-,12+,13+,14-,16-,18?,19+,20-,21?/m1/s1. The van der Waals surface area contributed by atoms with Crippen LogP contribution in [-0.4, -0.2) is 29.4 Å². The van der Waals surface area contributed by atoms with Crippen LogP contribution in [0, 0.1) is 34.5 Å². The van der Waals surface area contributed by atoms with Gasteiger partial charge in [-0.05, 0) is 54.6 Å². The molecule has 5 rings (SSSR count). The summed E-state index contributed by atoms with van der Waals surface area (Å²) in [6, 6.07) is 0. The highest BCUT2D eigenvalue weighted by atomic mass is 19.1. The van der Waals surface area contributed by atoms with Crippen LogP contribution in [0.1, 0.15) is 40.0 Å². The number of alkyl halides is 1. The SMILES string of the molecule is C=C1[C@@H](C)[C@H]2[C@@H]3C[C@@H](F)C(=O)[C@@]3(C)CC[C@@H]2[C@@]2(C)C=CC(=O)C3OC132. The number of Topliss-reactive ketones (excluding diaryl/α,β-unsaturated/α-hetero) is 1. The number of rotatable bonds is 0. The molecule has 3 saturated carbocycles. The van der Waals surface area contributed by atoms with Gasteiger partial charge in [0.1, 0.15) is 5.60 Å². The van der Waals surface area contributed by atoms with Crippen molar-refractivity contribution in [1.29, 1.82) is 0 Å². The summed E-state index contributed by atoms with van der Waals surface area (Å²) >= 11 is 0. The van der Waals surface area contributed by atoms with Gasteiger partial charge >= 0.3 is 0 Å². The Morgan fingerprint density at radius 3 is 2.72 bits per heavy atom. The molecule has 0 bridgehead atoms. The number of carbonyl (C=O) groups is 2. The van der Waals surface area contributed by atoms with Crippen molar-refractivity contribution in [2.24, 2.45) is 34.5 Å². The first kappa shape index (κ1) is 15.9. The van der Waals surface area contributed by atoms with Crippen LogP contribution < -0.4 is 0 Å². The lowest BCUT2D eigenvalue weighted by Gasteiger charge is -2.59. The van der Waals surface area contributed by atoms with E-state index in [1.807, 2.05) is 13.0 Å². The second-order valence-corrected chi connectivity index (χ2v) is 9.38. The third-order valence-corrected chi connectivity index (χ3v) is 8.67. The molecule has 1 aliphatic heterocycles. The Hall–Kier alpha value is -1.29. The fourth-order valence-corrected chi connectivity index (χ4v) is 7.19. The molecule has 0 aromatic rings. The molecule has 9 atom stereocenters. The quantitative estimate of drug-likeness (QED) is 0.500. The average Bonchev–Trinajstić information content (AvgIpc) is 3.30. The number of carbonyl (C=O) groups excluding carboxylic acids is 2. The number of epoxide rings is 1. The van der Waals surface area contributed by atoms with E-state index >= 15 is 0 Å². The molecule has 1 heterocycles. The molecule has 5 aliphatic rings. The van der Waals surface area contributed by atoms with Crippen LogP contribution in [0.2, 0.25) is 0 Å². The summed E-state index contributed by atoms with van der Waals surface area (Å²) in [7, 11) is 0. The number of hydrogen-bond acceptors (Lipinski definition) is 3. The second kappa shape index (κ2) is 4.33. The maximum atomic E-state index is 14.4. The fourth-order valence-electron chi connectivity index (χ4n) is 7.19. The number of hydrogen-bond donors (Lipinski definition) is 0. The Morgan fingerprint density at radius 2 is 2.00 bits per heavy atom. The Kier molecular flexibility index (Phi) is 2.76. The highest BCUT2D eigenvalue weighted by molar-refractivity contribution is 5.99. The van der Waals surface area contributed by atoms with Gasteiger partial charge in [0.25, 0.3) is 0 Å². The van der Waals surface area contributed by atoms with Gasteiger partial charge in [-0.1, -0.05) is 33.4 Å². The normalized spacial score (nSPS) is 59.1. The Bertz CT molecular complexity index is 756. The van der Waals surface area contributed by atoms with Gasteiger partial charge in [-0.2, -0.15) is 0 Å². The molecule has 0 radical (unpaired) electrons. The number of ketones is 2. The van der Waals surface area contributed by atoms with Gasteiger partial charge < -0.3 is 4.74 Å². The van der Waals surface area contributed by atoms with Crippen molar-refractivity contribution >= 4 is 11.6 Å². The second-order valence-electron chi connectivity index (χ2n) is 9.38. The van der Waals surface area contributed by atoms with Gasteiger partial charge in [0, 0.05) is 10.8 Å². The molecular formula is C21H25FO3. The first-order valence-electron chi connectivity index (χ1n) is 9.47. The van der Waals surface area contributed by atoms with E-state index in [0.717, 1.165) is 18.4 Å². The van der Waals surface area contributed by atoms with Crippen molar-refractivity contribution in [2.45, 2.75) is 57.9 Å². The summed E-state index contributed by atoms with van der Waals surface area (Å²) in [5.74, 6) is 0.523. The summed E-state index contributed by atoms with van der Waals surface area (Å²) in [4.78, 5) is 24.7. The van der Waals surface area contributed by atoms with Crippen LogP contribution >= 0.6 is 0 Å². The Labute approximate surface area is 147 Å². The van der Waals surface area contributed by atoms with Gasteiger partial charge in [0.2, 0.25) is 0 Å². The molecule has 0 aromatic heterocycles. The van der Waals surface area contributed by atoms with Crippen molar-refractivity contribution in [1.82, 2.24) is 0 Å². The van der Waals surface area contributed by atoms with Crippen LogP contribution in [0.4, 0.5) is 4.39 Å². The maximum Gasteiger partial charge on any atom is 0.187 e. The summed E-state index contributed by atoms with van der Waals surface area (Å²) < 4.78 is 20.4. The number of halogens is 1. The van der Waals surface area contributed by atoms with Crippen LogP contribution in [0.25, 0.3) is 0 Å². The summed E-state index contributed by atoms with van der Waals surface area (Å²) in [6.45, 7) is 10.6. The van der Waals surface area contributed by atoms with Crippen molar-refractivity contribution in [3.63, 3.8) is 0 Å². The molecule has 4 fully saturated rings. The lowest BCUT2D eigenvalue weighted by molar-refractivity contribution is -0.137. The molecule has 4 heteroatoms. The molecule has 0 N–H and O–H groups in total. The smallest absolute Gasteiger partial charge is 0.187 e. The van der Waals surface area contributed by atoms with Crippen LogP contribution in [-0.2, 0) is 14.3 Å². The number of fused-ring (bicyclic) bond motifs is 4. The van der Waals surface area contributed by atoms with Gasteiger partial charge in [-0.15, -0.1) is 0 Å².